The average molecular weight is 168 g/mol. The van der Waals surface area contributed by atoms with Crippen LogP contribution in [0.4, 0.5) is 13.2 Å². The van der Waals surface area contributed by atoms with E-state index >= 15 is 0 Å². The standard InChI is InChI=1S/C6H9F3NO/c1-10-2-3-11-4-5(10)6(7,8)9/h2,5H,3-4H2,1H3. The van der Waals surface area contributed by atoms with Gasteiger partial charge in [-0.2, -0.15) is 13.2 Å². The summed E-state index contributed by atoms with van der Waals surface area (Å²) in [5, 5.41) is 0. The molecular weight excluding hydrogens is 159 g/mol. The van der Waals surface area contributed by atoms with Crippen molar-refractivity contribution in [2.45, 2.75) is 12.2 Å². The zero-order valence-corrected chi connectivity index (χ0v) is 6.06. The second-order valence-electron chi connectivity index (χ2n) is 2.44. The van der Waals surface area contributed by atoms with E-state index in [9.17, 15) is 13.2 Å². The third kappa shape index (κ3) is 2.07. The maximum atomic E-state index is 12.1. The number of alkyl halides is 3. The van der Waals surface area contributed by atoms with Crippen LogP contribution in [0.15, 0.2) is 0 Å². The lowest BCUT2D eigenvalue weighted by molar-refractivity contribution is -0.200. The Bertz CT molecular complexity index is 136. The van der Waals surface area contributed by atoms with E-state index in [1.807, 2.05) is 0 Å². The number of hydrogen-bond donors (Lipinski definition) is 0. The minimum Gasteiger partial charge on any atom is -0.378 e. The van der Waals surface area contributed by atoms with Crippen molar-refractivity contribution in [3.05, 3.63) is 6.54 Å². The van der Waals surface area contributed by atoms with Crippen LogP contribution < -0.4 is 0 Å². The van der Waals surface area contributed by atoms with Crippen LogP contribution in [-0.4, -0.2) is 37.4 Å². The number of nitrogens with zero attached hydrogens (tertiary/aromatic N) is 1. The number of rotatable bonds is 0. The molecule has 2 nitrogen and oxygen atoms in total. The summed E-state index contributed by atoms with van der Waals surface area (Å²) in [5.41, 5.74) is 0. The number of likely N-dealkylation sites (N-methyl/N-ethyl adjacent to an activating group) is 1. The first-order valence-corrected chi connectivity index (χ1v) is 3.21. The molecule has 1 unspecified atom stereocenters. The highest BCUT2D eigenvalue weighted by atomic mass is 19.4. The lowest BCUT2D eigenvalue weighted by Gasteiger charge is -2.32. The van der Waals surface area contributed by atoms with Crippen LogP contribution in [0.1, 0.15) is 0 Å². The first kappa shape index (κ1) is 8.80. The molecule has 1 fully saturated rings. The van der Waals surface area contributed by atoms with Crippen molar-refractivity contribution in [3.63, 3.8) is 0 Å². The highest BCUT2D eigenvalue weighted by molar-refractivity contribution is 4.84. The van der Waals surface area contributed by atoms with Crippen molar-refractivity contribution < 1.29 is 17.9 Å². The minimum absolute atomic E-state index is 0.267. The van der Waals surface area contributed by atoms with E-state index in [-0.39, 0.29) is 13.2 Å². The van der Waals surface area contributed by atoms with Gasteiger partial charge in [0.15, 0.2) is 0 Å². The van der Waals surface area contributed by atoms with Gasteiger partial charge in [0.05, 0.1) is 19.8 Å². The van der Waals surface area contributed by atoms with Crippen LogP contribution in [0, 0.1) is 6.54 Å². The number of morpholine rings is 1. The first-order chi connectivity index (χ1) is 5.02. The van der Waals surface area contributed by atoms with Crippen LogP contribution in [0.3, 0.4) is 0 Å². The van der Waals surface area contributed by atoms with Gasteiger partial charge < -0.3 is 4.74 Å². The summed E-state index contributed by atoms with van der Waals surface area (Å²) in [5.74, 6) is 0. The third-order valence-electron chi connectivity index (χ3n) is 1.63. The average Bonchev–Trinajstić information content (AvgIpc) is 1.86. The topological polar surface area (TPSA) is 12.5 Å². The molecule has 0 saturated carbocycles. The van der Waals surface area contributed by atoms with Gasteiger partial charge in [-0.15, -0.1) is 0 Å². The van der Waals surface area contributed by atoms with Gasteiger partial charge in [0.1, 0.15) is 6.04 Å². The molecule has 0 amide bonds. The molecule has 1 radical (unpaired) electrons. The molecule has 0 N–H and O–H groups in total. The second-order valence-corrected chi connectivity index (χ2v) is 2.44. The van der Waals surface area contributed by atoms with Gasteiger partial charge in [0, 0.05) is 0 Å². The third-order valence-corrected chi connectivity index (χ3v) is 1.63. The van der Waals surface area contributed by atoms with Gasteiger partial charge >= 0.3 is 6.18 Å². The lowest BCUT2D eigenvalue weighted by atomic mass is 10.2. The molecule has 11 heavy (non-hydrogen) atoms. The van der Waals surface area contributed by atoms with E-state index in [1.54, 1.807) is 0 Å². The number of hydrogen-bond acceptors (Lipinski definition) is 2. The van der Waals surface area contributed by atoms with Crippen LogP contribution >= 0.6 is 0 Å². The Morgan fingerprint density at radius 1 is 1.55 bits per heavy atom. The van der Waals surface area contributed by atoms with Gasteiger partial charge in [-0.3, -0.25) is 4.90 Å². The summed E-state index contributed by atoms with van der Waals surface area (Å²) in [6, 6.07) is -1.48. The van der Waals surface area contributed by atoms with E-state index in [4.69, 9.17) is 0 Å². The molecule has 0 aromatic carbocycles. The van der Waals surface area contributed by atoms with E-state index in [2.05, 4.69) is 4.74 Å². The van der Waals surface area contributed by atoms with E-state index in [0.29, 0.717) is 0 Å². The summed E-state index contributed by atoms with van der Waals surface area (Å²) in [6.45, 7) is 1.39. The Labute approximate surface area is 62.9 Å². The molecule has 1 aliphatic heterocycles. The molecule has 5 heteroatoms. The van der Waals surface area contributed by atoms with Crippen molar-refractivity contribution in [3.8, 4) is 0 Å². The molecular formula is C6H9F3NO. The largest absolute Gasteiger partial charge is 0.406 e. The van der Waals surface area contributed by atoms with E-state index in [0.717, 1.165) is 4.90 Å². The highest BCUT2D eigenvalue weighted by Crippen LogP contribution is 2.26. The Hall–Kier alpha value is -0.290. The number of ether oxygens (including phenoxy) is 1. The molecule has 0 aromatic rings. The minimum atomic E-state index is -4.19. The SMILES string of the molecule is CN1[CH]COCC1C(F)(F)F. The van der Waals surface area contributed by atoms with Crippen molar-refractivity contribution in [2.75, 3.05) is 20.3 Å². The second kappa shape index (κ2) is 2.98. The molecule has 0 aromatic heterocycles. The van der Waals surface area contributed by atoms with Crippen LogP contribution in [0.5, 0.6) is 0 Å². The fraction of sp³-hybridized carbons (Fsp3) is 0.833. The monoisotopic (exact) mass is 168 g/mol. The maximum absolute atomic E-state index is 12.1. The molecule has 0 aliphatic carbocycles. The van der Waals surface area contributed by atoms with Crippen LogP contribution in [0.25, 0.3) is 0 Å². The van der Waals surface area contributed by atoms with Crippen LogP contribution in [-0.2, 0) is 4.74 Å². The van der Waals surface area contributed by atoms with Gasteiger partial charge in [-0.05, 0) is 7.05 Å². The fourth-order valence-corrected chi connectivity index (χ4v) is 0.920. The highest BCUT2D eigenvalue weighted by Gasteiger charge is 2.43. The Morgan fingerprint density at radius 2 is 2.18 bits per heavy atom. The molecule has 1 saturated heterocycles. The molecule has 1 heterocycles. The van der Waals surface area contributed by atoms with E-state index < -0.39 is 12.2 Å². The van der Waals surface area contributed by atoms with Gasteiger partial charge in [-0.1, -0.05) is 0 Å². The van der Waals surface area contributed by atoms with Crippen LogP contribution in [0.2, 0.25) is 0 Å². The Balaban J connectivity index is 2.55. The molecule has 1 aliphatic rings. The number of halogens is 3. The predicted molar refractivity (Wildman–Crippen MR) is 32.7 cm³/mol. The fourth-order valence-electron chi connectivity index (χ4n) is 0.920. The zero-order chi connectivity index (χ0) is 8.48. The van der Waals surface area contributed by atoms with Gasteiger partial charge in [0.2, 0.25) is 0 Å². The van der Waals surface area contributed by atoms with Crippen molar-refractivity contribution in [1.82, 2.24) is 4.90 Å². The maximum Gasteiger partial charge on any atom is 0.406 e. The van der Waals surface area contributed by atoms with Crippen molar-refractivity contribution in [1.29, 1.82) is 0 Å². The van der Waals surface area contributed by atoms with Crippen molar-refractivity contribution >= 4 is 0 Å². The Morgan fingerprint density at radius 3 is 2.55 bits per heavy atom. The molecule has 1 atom stereocenters. The first-order valence-electron chi connectivity index (χ1n) is 3.21. The lowest BCUT2D eigenvalue weighted by Crippen LogP contribution is -2.49. The van der Waals surface area contributed by atoms with Gasteiger partial charge in [0.25, 0.3) is 0 Å². The molecule has 1 rings (SSSR count). The summed E-state index contributed by atoms with van der Waals surface area (Å²) < 4.78 is 40.8. The quantitative estimate of drug-likeness (QED) is 0.536. The summed E-state index contributed by atoms with van der Waals surface area (Å²) in [7, 11) is 1.40. The predicted octanol–water partition coefficient (Wildman–Crippen LogP) is 1.04. The zero-order valence-electron chi connectivity index (χ0n) is 6.06. The van der Waals surface area contributed by atoms with E-state index in [1.165, 1.54) is 13.6 Å². The Kier molecular flexibility index (Phi) is 2.39. The molecule has 0 spiro atoms. The molecule has 0 bridgehead atoms. The van der Waals surface area contributed by atoms with Gasteiger partial charge in [-0.25, -0.2) is 0 Å². The summed E-state index contributed by atoms with van der Waals surface area (Å²) in [4.78, 5) is 1.14. The summed E-state index contributed by atoms with van der Waals surface area (Å²) in [6.07, 6.45) is -4.19. The normalized spacial score (nSPS) is 28.9. The molecule has 65 valence electrons. The summed E-state index contributed by atoms with van der Waals surface area (Å²) >= 11 is 0. The smallest absolute Gasteiger partial charge is 0.378 e. The van der Waals surface area contributed by atoms with Crippen molar-refractivity contribution in [2.24, 2.45) is 0 Å².